The molecule has 2 heterocycles. The number of fused-ring (bicyclic) bond motifs is 3. The van der Waals surface area contributed by atoms with Gasteiger partial charge in [-0.25, -0.2) is 4.68 Å². The summed E-state index contributed by atoms with van der Waals surface area (Å²) < 4.78 is 2.26. The van der Waals surface area contributed by atoms with Crippen molar-refractivity contribution >= 4 is 5.82 Å². The fraction of sp³-hybridized carbons (Fsp3) is 0.750. The molecule has 0 saturated heterocycles. The molecule has 1 aromatic rings. The van der Waals surface area contributed by atoms with E-state index in [1.54, 1.807) is 0 Å². The summed E-state index contributed by atoms with van der Waals surface area (Å²) in [6.45, 7) is 3.33. The van der Waals surface area contributed by atoms with Crippen LogP contribution in [0.1, 0.15) is 44.3 Å². The van der Waals surface area contributed by atoms with Crippen LogP contribution in [0.3, 0.4) is 0 Å². The van der Waals surface area contributed by atoms with Crippen LogP contribution >= 0.6 is 0 Å². The first kappa shape index (κ1) is 9.25. The van der Waals surface area contributed by atoms with Crippen LogP contribution < -0.4 is 5.32 Å². The van der Waals surface area contributed by atoms with Crippen molar-refractivity contribution in [2.45, 2.75) is 45.1 Å². The second kappa shape index (κ2) is 3.54. The summed E-state index contributed by atoms with van der Waals surface area (Å²) in [5, 5.41) is 8.22. The Labute approximate surface area is 90.9 Å². The van der Waals surface area contributed by atoms with Gasteiger partial charge in [-0.3, -0.25) is 0 Å². The first-order valence-electron chi connectivity index (χ1n) is 6.21. The number of aromatic nitrogens is 2. The maximum Gasteiger partial charge on any atom is 0.124 e. The van der Waals surface area contributed by atoms with Gasteiger partial charge in [0.15, 0.2) is 0 Å². The van der Waals surface area contributed by atoms with Crippen LogP contribution in [0.5, 0.6) is 0 Å². The minimum Gasteiger partial charge on any atom is -0.370 e. The standard InChI is InChI=1S/C12H19N3/c1-2-10-7-12-13-8-9-5-3-4-6-11(9)15(12)14-10/h7,9,11,13H,2-6,8H2,1H3. The summed E-state index contributed by atoms with van der Waals surface area (Å²) in [4.78, 5) is 0. The Bertz CT molecular complexity index is 356. The van der Waals surface area contributed by atoms with Crippen molar-refractivity contribution in [1.82, 2.24) is 9.78 Å². The van der Waals surface area contributed by atoms with E-state index >= 15 is 0 Å². The molecule has 0 radical (unpaired) electrons. The van der Waals surface area contributed by atoms with Gasteiger partial charge in [-0.1, -0.05) is 19.8 Å². The van der Waals surface area contributed by atoms with Gasteiger partial charge in [-0.15, -0.1) is 0 Å². The lowest BCUT2D eigenvalue weighted by Gasteiger charge is -2.36. The van der Waals surface area contributed by atoms with Gasteiger partial charge in [0.05, 0.1) is 11.7 Å². The van der Waals surface area contributed by atoms with Gasteiger partial charge in [-0.05, 0) is 25.2 Å². The number of aryl methyl sites for hydroxylation is 1. The van der Waals surface area contributed by atoms with Crippen molar-refractivity contribution in [3.05, 3.63) is 11.8 Å². The van der Waals surface area contributed by atoms with Gasteiger partial charge in [0, 0.05) is 12.6 Å². The van der Waals surface area contributed by atoms with Crippen LogP contribution in [0.2, 0.25) is 0 Å². The van der Waals surface area contributed by atoms with E-state index in [9.17, 15) is 0 Å². The lowest BCUT2D eigenvalue weighted by molar-refractivity contribution is 0.222. The Kier molecular flexibility index (Phi) is 2.19. The molecule has 2 atom stereocenters. The van der Waals surface area contributed by atoms with Gasteiger partial charge >= 0.3 is 0 Å². The van der Waals surface area contributed by atoms with E-state index in [0.717, 1.165) is 18.9 Å². The third-order valence-corrected chi connectivity index (χ3v) is 3.88. The van der Waals surface area contributed by atoms with Crippen molar-refractivity contribution in [2.24, 2.45) is 5.92 Å². The van der Waals surface area contributed by atoms with Gasteiger partial charge in [0.25, 0.3) is 0 Å². The lowest BCUT2D eigenvalue weighted by atomic mass is 9.83. The van der Waals surface area contributed by atoms with Crippen LogP contribution in [0, 0.1) is 5.92 Å². The molecule has 1 N–H and O–H groups in total. The van der Waals surface area contributed by atoms with Crippen LogP contribution in [0.15, 0.2) is 6.07 Å². The molecule has 2 unspecified atom stereocenters. The highest BCUT2D eigenvalue weighted by Crippen LogP contribution is 2.38. The Morgan fingerprint density at radius 1 is 1.47 bits per heavy atom. The summed E-state index contributed by atoms with van der Waals surface area (Å²) in [5.41, 5.74) is 1.23. The van der Waals surface area contributed by atoms with E-state index in [1.165, 1.54) is 37.2 Å². The number of hydrogen-bond acceptors (Lipinski definition) is 2. The fourth-order valence-electron chi connectivity index (χ4n) is 2.99. The quantitative estimate of drug-likeness (QED) is 0.763. The van der Waals surface area contributed by atoms with E-state index in [4.69, 9.17) is 5.10 Å². The zero-order valence-corrected chi connectivity index (χ0v) is 9.37. The van der Waals surface area contributed by atoms with Crippen molar-refractivity contribution in [3.63, 3.8) is 0 Å². The minimum atomic E-state index is 0.676. The molecule has 3 heteroatoms. The molecule has 82 valence electrons. The molecule has 15 heavy (non-hydrogen) atoms. The van der Waals surface area contributed by atoms with Crippen molar-refractivity contribution in [3.8, 4) is 0 Å². The van der Waals surface area contributed by atoms with E-state index in [0.29, 0.717) is 6.04 Å². The fourth-order valence-corrected chi connectivity index (χ4v) is 2.99. The normalized spacial score (nSPS) is 29.1. The second-order valence-corrected chi connectivity index (χ2v) is 4.81. The predicted molar refractivity (Wildman–Crippen MR) is 61.1 cm³/mol. The topological polar surface area (TPSA) is 29.9 Å². The van der Waals surface area contributed by atoms with Crippen LogP contribution in [0.25, 0.3) is 0 Å². The maximum atomic E-state index is 4.71. The average molecular weight is 205 g/mol. The summed E-state index contributed by atoms with van der Waals surface area (Å²) in [6, 6.07) is 2.89. The zero-order chi connectivity index (χ0) is 10.3. The van der Waals surface area contributed by atoms with Crippen LogP contribution in [-0.4, -0.2) is 16.3 Å². The number of anilines is 1. The van der Waals surface area contributed by atoms with E-state index in [1.807, 2.05) is 0 Å². The molecule has 1 saturated carbocycles. The number of nitrogens with one attached hydrogen (secondary N) is 1. The predicted octanol–water partition coefficient (Wildman–Crippen LogP) is 2.60. The molecule has 2 aliphatic rings. The molecule has 0 spiro atoms. The van der Waals surface area contributed by atoms with Gasteiger partial charge < -0.3 is 5.32 Å². The highest BCUT2D eigenvalue weighted by atomic mass is 15.4. The van der Waals surface area contributed by atoms with Crippen LogP contribution in [0.4, 0.5) is 5.82 Å². The van der Waals surface area contributed by atoms with E-state index < -0.39 is 0 Å². The molecule has 0 aromatic carbocycles. The van der Waals surface area contributed by atoms with Crippen molar-refractivity contribution < 1.29 is 0 Å². The first-order valence-corrected chi connectivity index (χ1v) is 6.21. The number of hydrogen-bond donors (Lipinski definition) is 1. The minimum absolute atomic E-state index is 0.676. The molecule has 3 rings (SSSR count). The second-order valence-electron chi connectivity index (χ2n) is 4.81. The first-order chi connectivity index (χ1) is 7.38. The smallest absolute Gasteiger partial charge is 0.124 e. The van der Waals surface area contributed by atoms with Crippen molar-refractivity contribution in [2.75, 3.05) is 11.9 Å². The monoisotopic (exact) mass is 205 g/mol. The summed E-state index contributed by atoms with van der Waals surface area (Å²) in [5.74, 6) is 2.06. The number of nitrogens with zero attached hydrogens (tertiary/aromatic N) is 2. The van der Waals surface area contributed by atoms with Gasteiger partial charge in [-0.2, -0.15) is 5.10 Å². The summed E-state index contributed by atoms with van der Waals surface area (Å²) >= 11 is 0. The molecular weight excluding hydrogens is 186 g/mol. The summed E-state index contributed by atoms with van der Waals surface area (Å²) in [7, 11) is 0. The lowest BCUT2D eigenvalue weighted by Crippen LogP contribution is -2.35. The third kappa shape index (κ3) is 1.45. The van der Waals surface area contributed by atoms with Crippen LogP contribution in [-0.2, 0) is 6.42 Å². The third-order valence-electron chi connectivity index (χ3n) is 3.88. The van der Waals surface area contributed by atoms with Crippen molar-refractivity contribution in [1.29, 1.82) is 0 Å². The highest BCUT2D eigenvalue weighted by Gasteiger charge is 2.32. The Hall–Kier alpha value is -0.990. The number of rotatable bonds is 1. The van der Waals surface area contributed by atoms with Gasteiger partial charge in [0.1, 0.15) is 5.82 Å². The van der Waals surface area contributed by atoms with Gasteiger partial charge in [0.2, 0.25) is 0 Å². The van der Waals surface area contributed by atoms with E-state index in [-0.39, 0.29) is 0 Å². The SMILES string of the molecule is CCc1cc2n(n1)C1CCCCC1CN2. The van der Waals surface area contributed by atoms with E-state index in [2.05, 4.69) is 23.0 Å². The molecule has 1 fully saturated rings. The summed E-state index contributed by atoms with van der Waals surface area (Å²) in [6.07, 6.45) is 6.52. The molecule has 1 aliphatic heterocycles. The Morgan fingerprint density at radius 2 is 2.33 bits per heavy atom. The Morgan fingerprint density at radius 3 is 3.20 bits per heavy atom. The zero-order valence-electron chi connectivity index (χ0n) is 9.37. The average Bonchev–Trinajstić information content (AvgIpc) is 2.72. The molecule has 3 nitrogen and oxygen atoms in total. The highest BCUT2D eigenvalue weighted by molar-refractivity contribution is 5.39. The molecule has 1 aliphatic carbocycles. The molecule has 0 amide bonds. The maximum absolute atomic E-state index is 4.71. The molecular formula is C12H19N3. The Balaban J connectivity index is 1.95. The molecule has 0 bridgehead atoms. The largest absolute Gasteiger partial charge is 0.370 e. The molecule has 1 aromatic heterocycles.